The number of carboxylic acids is 1. The Labute approximate surface area is 63.2 Å². The Morgan fingerprint density at radius 1 is 1.55 bits per heavy atom. The van der Waals surface area contributed by atoms with Crippen LogP contribution in [0, 0.1) is 0 Å². The molecule has 0 amide bonds. The molecule has 1 atom stereocenters. The maximum absolute atomic E-state index is 9.94. The number of rotatable bonds is 3. The third kappa shape index (κ3) is 7.19. The van der Waals surface area contributed by atoms with Crippen molar-refractivity contribution in [2.75, 3.05) is 0 Å². The summed E-state index contributed by atoms with van der Waals surface area (Å²) in [4.78, 5) is 9.94. The monoisotopic (exact) mass is 187 g/mol. The van der Waals surface area contributed by atoms with Crippen molar-refractivity contribution >= 4 is 16.3 Å². The molecule has 7 nitrogen and oxygen atoms in total. The van der Waals surface area contributed by atoms with E-state index >= 15 is 0 Å². The fourth-order valence-corrected chi connectivity index (χ4v) is 0.821. The largest absolute Gasteiger partial charge is 0.480 e. The second-order valence-corrected chi connectivity index (χ2v) is 2.84. The van der Waals surface area contributed by atoms with Gasteiger partial charge in [0.05, 0.1) is 0 Å². The normalized spacial score (nSPS) is 13.3. The van der Waals surface area contributed by atoms with Crippen LogP contribution in [0.15, 0.2) is 0 Å². The minimum absolute atomic E-state index is 0. The smallest absolute Gasteiger partial charge is 0.334 e. The van der Waals surface area contributed by atoms with Gasteiger partial charge in [0, 0.05) is 0 Å². The van der Waals surface area contributed by atoms with Gasteiger partial charge in [-0.05, 0) is 6.92 Å². The lowest BCUT2D eigenvalue weighted by Crippen LogP contribution is -2.37. The molecule has 0 aromatic rings. The average molecular weight is 187 g/mol. The minimum Gasteiger partial charge on any atom is -0.480 e. The first-order valence-electron chi connectivity index (χ1n) is 2.30. The van der Waals surface area contributed by atoms with E-state index in [1.807, 2.05) is 0 Å². The first-order valence-corrected chi connectivity index (χ1v) is 3.74. The van der Waals surface area contributed by atoms with Crippen LogP contribution in [-0.4, -0.2) is 35.6 Å². The first kappa shape index (κ1) is 12.9. The Morgan fingerprint density at radius 3 is 2.00 bits per heavy atom. The van der Waals surface area contributed by atoms with Crippen LogP contribution < -0.4 is 4.72 Å². The molecule has 0 bridgehead atoms. The van der Waals surface area contributed by atoms with E-state index in [9.17, 15) is 13.2 Å². The van der Waals surface area contributed by atoms with Crippen LogP contribution in [-0.2, 0) is 15.1 Å². The van der Waals surface area contributed by atoms with Crippen LogP contribution >= 0.6 is 0 Å². The first-order chi connectivity index (χ1) is 4.33. The van der Waals surface area contributed by atoms with Gasteiger partial charge >= 0.3 is 16.3 Å². The average Bonchev–Trinajstić information content (AvgIpc) is 1.60. The molecule has 0 saturated carbocycles. The van der Waals surface area contributed by atoms with Crippen LogP contribution in [0.3, 0.4) is 0 Å². The van der Waals surface area contributed by atoms with Crippen LogP contribution in [0.25, 0.3) is 0 Å². The van der Waals surface area contributed by atoms with E-state index in [1.54, 1.807) is 0 Å². The van der Waals surface area contributed by atoms with Crippen molar-refractivity contribution in [1.29, 1.82) is 0 Å². The van der Waals surface area contributed by atoms with E-state index in [0.29, 0.717) is 0 Å². The van der Waals surface area contributed by atoms with Gasteiger partial charge in [-0.15, -0.1) is 0 Å². The van der Waals surface area contributed by atoms with Crippen molar-refractivity contribution in [2.24, 2.45) is 0 Å². The zero-order chi connectivity index (χ0) is 8.36. The molecule has 68 valence electrons. The van der Waals surface area contributed by atoms with Gasteiger partial charge in [0.15, 0.2) is 0 Å². The number of aliphatic carboxylic acids is 1. The molecule has 0 aromatic heterocycles. The highest BCUT2D eigenvalue weighted by atomic mass is 32.2. The molecule has 0 aromatic carbocycles. The van der Waals surface area contributed by atoms with Crippen LogP contribution in [0.1, 0.15) is 6.92 Å². The molecular weight excluding hydrogens is 178 g/mol. The van der Waals surface area contributed by atoms with Crippen molar-refractivity contribution in [3.05, 3.63) is 0 Å². The van der Waals surface area contributed by atoms with Gasteiger partial charge < -0.3 is 10.6 Å². The highest BCUT2D eigenvalue weighted by Crippen LogP contribution is 1.83. The molecule has 0 radical (unpaired) electrons. The summed E-state index contributed by atoms with van der Waals surface area (Å²) in [5.41, 5.74) is 0. The molecule has 11 heavy (non-hydrogen) atoms. The minimum atomic E-state index is -4.40. The predicted octanol–water partition coefficient (Wildman–Crippen LogP) is -1.97. The van der Waals surface area contributed by atoms with Crippen molar-refractivity contribution in [3.63, 3.8) is 0 Å². The Morgan fingerprint density at radius 2 is 1.91 bits per heavy atom. The SMILES string of the molecule is C[C@@H](NS(=O)(=O)O)C(=O)O.O. The van der Waals surface area contributed by atoms with Gasteiger partial charge in [0.2, 0.25) is 0 Å². The van der Waals surface area contributed by atoms with E-state index in [1.165, 1.54) is 4.72 Å². The second kappa shape index (κ2) is 4.23. The highest BCUT2D eigenvalue weighted by Gasteiger charge is 2.15. The topological polar surface area (TPSA) is 135 Å². The number of nitrogens with one attached hydrogen (secondary N) is 1. The van der Waals surface area contributed by atoms with E-state index in [0.717, 1.165) is 6.92 Å². The van der Waals surface area contributed by atoms with E-state index in [4.69, 9.17) is 9.66 Å². The summed E-state index contributed by atoms with van der Waals surface area (Å²) >= 11 is 0. The Bertz CT molecular complexity index is 220. The second-order valence-electron chi connectivity index (χ2n) is 1.65. The van der Waals surface area contributed by atoms with Gasteiger partial charge in [-0.25, -0.2) is 0 Å². The van der Waals surface area contributed by atoms with E-state index < -0.39 is 22.3 Å². The number of carboxylic acid groups (broad SMARTS) is 1. The summed E-state index contributed by atoms with van der Waals surface area (Å²) in [5, 5.41) is 8.11. The summed E-state index contributed by atoms with van der Waals surface area (Å²) in [6.07, 6.45) is 0. The quantitative estimate of drug-likeness (QED) is 0.440. The Hall–Kier alpha value is -0.700. The summed E-state index contributed by atoms with van der Waals surface area (Å²) < 4.78 is 29.3. The van der Waals surface area contributed by atoms with Gasteiger partial charge in [-0.2, -0.15) is 13.1 Å². The van der Waals surface area contributed by atoms with Gasteiger partial charge in [-0.3, -0.25) is 9.35 Å². The van der Waals surface area contributed by atoms with Gasteiger partial charge in [0.25, 0.3) is 0 Å². The standard InChI is InChI=1S/C3H7NO5S.H2O/c1-2(3(5)6)4-10(7,8)9;/h2,4H,1H3,(H,5,6)(H,7,8,9);1H2/t2-;/m1./s1. The highest BCUT2D eigenvalue weighted by molar-refractivity contribution is 7.83. The molecule has 8 heteroatoms. The summed E-state index contributed by atoms with van der Waals surface area (Å²) in [7, 11) is -4.40. The lowest BCUT2D eigenvalue weighted by molar-refractivity contribution is -0.138. The third-order valence-electron chi connectivity index (χ3n) is 0.696. The molecule has 0 spiro atoms. The summed E-state index contributed by atoms with van der Waals surface area (Å²) in [5.74, 6) is -1.35. The number of hydrogen-bond acceptors (Lipinski definition) is 3. The molecule has 0 aliphatic carbocycles. The lowest BCUT2D eigenvalue weighted by Gasteiger charge is -2.03. The van der Waals surface area contributed by atoms with Crippen LogP contribution in [0.5, 0.6) is 0 Å². The molecule has 0 aliphatic rings. The third-order valence-corrected chi connectivity index (χ3v) is 1.35. The fourth-order valence-electron chi connectivity index (χ4n) is 0.274. The molecule has 5 N–H and O–H groups in total. The van der Waals surface area contributed by atoms with Gasteiger partial charge in [0.1, 0.15) is 6.04 Å². The zero-order valence-electron chi connectivity index (χ0n) is 5.60. The zero-order valence-corrected chi connectivity index (χ0v) is 6.42. The maximum atomic E-state index is 9.94. The van der Waals surface area contributed by atoms with Gasteiger partial charge in [-0.1, -0.05) is 0 Å². The van der Waals surface area contributed by atoms with E-state index in [-0.39, 0.29) is 5.48 Å². The number of hydrogen-bond donors (Lipinski definition) is 3. The maximum Gasteiger partial charge on any atom is 0.334 e. The van der Waals surface area contributed by atoms with Crippen molar-refractivity contribution in [1.82, 2.24) is 4.72 Å². The fraction of sp³-hybridized carbons (Fsp3) is 0.667. The molecule has 0 aliphatic heterocycles. The van der Waals surface area contributed by atoms with Crippen molar-refractivity contribution in [3.8, 4) is 0 Å². The van der Waals surface area contributed by atoms with Crippen LogP contribution in [0.4, 0.5) is 0 Å². The molecular formula is C3H9NO6S. The number of carbonyl (C=O) groups is 1. The van der Waals surface area contributed by atoms with E-state index in [2.05, 4.69) is 0 Å². The molecule has 0 saturated heterocycles. The molecule has 0 heterocycles. The summed E-state index contributed by atoms with van der Waals surface area (Å²) in [6, 6.07) is -1.31. The van der Waals surface area contributed by atoms with Crippen molar-refractivity contribution in [2.45, 2.75) is 13.0 Å². The molecule has 0 unspecified atom stereocenters. The molecule has 0 fully saturated rings. The Balaban J connectivity index is 0. The summed E-state index contributed by atoms with van der Waals surface area (Å²) in [6.45, 7) is 1.09. The predicted molar refractivity (Wildman–Crippen MR) is 35.4 cm³/mol. The van der Waals surface area contributed by atoms with Crippen LogP contribution in [0.2, 0.25) is 0 Å². The lowest BCUT2D eigenvalue weighted by atomic mass is 10.4. The molecule has 0 rings (SSSR count). The Kier molecular flexibility index (Phi) is 4.98. The van der Waals surface area contributed by atoms with Crippen molar-refractivity contribution < 1.29 is 28.3 Å².